The van der Waals surface area contributed by atoms with Crippen LogP contribution in [0.2, 0.25) is 5.02 Å². The highest BCUT2D eigenvalue weighted by Gasteiger charge is 2.30. The molecule has 1 unspecified atom stereocenters. The number of methoxy groups -OCH3 is 1. The summed E-state index contributed by atoms with van der Waals surface area (Å²) in [6.45, 7) is 3.32. The van der Waals surface area contributed by atoms with Crippen molar-refractivity contribution in [3.05, 3.63) is 82.0 Å². The fourth-order valence-corrected chi connectivity index (χ4v) is 3.33. The lowest BCUT2D eigenvalue weighted by Gasteiger charge is -2.14. The van der Waals surface area contributed by atoms with Gasteiger partial charge in [0.2, 0.25) is 5.88 Å². The van der Waals surface area contributed by atoms with E-state index in [0.717, 1.165) is 12.1 Å². The number of alkyl halides is 3. The van der Waals surface area contributed by atoms with E-state index in [1.165, 1.54) is 31.5 Å². The first-order chi connectivity index (χ1) is 14.2. The molecule has 0 amide bonds. The zero-order valence-corrected chi connectivity index (χ0v) is 16.7. The van der Waals surface area contributed by atoms with Crippen LogP contribution in [0.25, 0.3) is 10.9 Å². The Balaban J connectivity index is 2.03. The van der Waals surface area contributed by atoms with Crippen molar-refractivity contribution in [2.75, 3.05) is 7.11 Å². The summed E-state index contributed by atoms with van der Waals surface area (Å²) in [5, 5.41) is 11.2. The van der Waals surface area contributed by atoms with E-state index in [1.54, 1.807) is 18.2 Å². The number of aliphatic imine (C=N–C) groups is 1. The second-order valence-electron chi connectivity index (χ2n) is 6.53. The van der Waals surface area contributed by atoms with E-state index >= 15 is 0 Å². The van der Waals surface area contributed by atoms with Crippen LogP contribution in [0.15, 0.2) is 59.7 Å². The molecule has 4 nitrogen and oxygen atoms in total. The van der Waals surface area contributed by atoms with Crippen molar-refractivity contribution in [3.63, 3.8) is 0 Å². The summed E-state index contributed by atoms with van der Waals surface area (Å²) in [5.74, 6) is 0.288. The van der Waals surface area contributed by atoms with Gasteiger partial charge in [0.1, 0.15) is 0 Å². The van der Waals surface area contributed by atoms with E-state index in [4.69, 9.17) is 16.3 Å². The Morgan fingerprint density at radius 2 is 1.93 bits per heavy atom. The van der Waals surface area contributed by atoms with E-state index in [2.05, 4.69) is 16.7 Å². The third-order valence-electron chi connectivity index (χ3n) is 4.57. The highest BCUT2D eigenvalue weighted by molar-refractivity contribution is 6.36. The second-order valence-corrected chi connectivity index (χ2v) is 6.91. The molecule has 156 valence electrons. The zero-order valence-electron chi connectivity index (χ0n) is 15.9. The molecule has 0 aliphatic heterocycles. The quantitative estimate of drug-likeness (QED) is 0.502. The second kappa shape index (κ2) is 8.85. The molecule has 0 fully saturated rings. The molecule has 0 radical (unpaired) electrons. The Morgan fingerprint density at radius 3 is 2.53 bits per heavy atom. The van der Waals surface area contributed by atoms with E-state index in [1.807, 2.05) is 0 Å². The molecule has 1 N–H and O–H groups in total. The van der Waals surface area contributed by atoms with E-state index < -0.39 is 17.8 Å². The van der Waals surface area contributed by atoms with Crippen molar-refractivity contribution in [1.82, 2.24) is 4.98 Å². The van der Waals surface area contributed by atoms with Crippen molar-refractivity contribution < 1.29 is 23.0 Å². The summed E-state index contributed by atoms with van der Waals surface area (Å²) in [4.78, 5) is 8.03. The molecule has 0 bridgehead atoms. The van der Waals surface area contributed by atoms with Gasteiger partial charge in [-0.1, -0.05) is 29.8 Å². The monoisotopic (exact) mass is 434 g/mol. The molecule has 1 heterocycles. The summed E-state index contributed by atoms with van der Waals surface area (Å²) in [5.41, 5.74) is 1.59. The molecule has 0 saturated carbocycles. The smallest absolute Gasteiger partial charge is 0.416 e. The van der Waals surface area contributed by atoms with Gasteiger partial charge in [-0.05, 0) is 48.2 Å². The number of aliphatic hydroxyl groups is 1. The number of rotatable bonds is 6. The lowest BCUT2D eigenvalue weighted by molar-refractivity contribution is -0.137. The van der Waals surface area contributed by atoms with Crippen molar-refractivity contribution >= 4 is 29.2 Å². The van der Waals surface area contributed by atoms with Crippen LogP contribution >= 0.6 is 11.6 Å². The fraction of sp³-hybridized carbons (Fsp3) is 0.182. The molecule has 30 heavy (non-hydrogen) atoms. The van der Waals surface area contributed by atoms with Crippen LogP contribution in [-0.2, 0) is 12.6 Å². The summed E-state index contributed by atoms with van der Waals surface area (Å²) in [6, 6.07) is 9.97. The molecule has 1 atom stereocenters. The normalized spacial score (nSPS) is 13.0. The Bertz CT molecular complexity index is 1100. The highest BCUT2D eigenvalue weighted by Crippen LogP contribution is 2.36. The number of hydrogen-bond donors (Lipinski definition) is 1. The Labute approximate surface area is 176 Å². The number of halogens is 4. The molecule has 1 aromatic heterocycles. The van der Waals surface area contributed by atoms with Crippen LogP contribution < -0.4 is 4.74 Å². The first-order valence-corrected chi connectivity index (χ1v) is 9.25. The van der Waals surface area contributed by atoms with Gasteiger partial charge in [0.25, 0.3) is 0 Å². The van der Waals surface area contributed by atoms with Crippen LogP contribution in [0.5, 0.6) is 5.88 Å². The molecule has 8 heteroatoms. The topological polar surface area (TPSA) is 54.7 Å². The van der Waals surface area contributed by atoms with Crippen molar-refractivity contribution in [2.24, 2.45) is 4.99 Å². The standard InChI is InChI=1S/C22H18ClF3N2O2/c1-27-10-9-19(29)14-5-8-18-16(12-14)20(23)17(21(28-18)30-2)11-13-3-6-15(7-4-13)22(24,25)26/h3-10,12,19,29H,1,11H2,2H3/b10-9+. The van der Waals surface area contributed by atoms with Crippen molar-refractivity contribution in [1.29, 1.82) is 0 Å². The number of hydrogen-bond acceptors (Lipinski definition) is 4. The van der Waals surface area contributed by atoms with Gasteiger partial charge in [0.05, 0.1) is 29.3 Å². The number of benzene rings is 2. The van der Waals surface area contributed by atoms with Crippen LogP contribution in [0.4, 0.5) is 13.2 Å². The maximum atomic E-state index is 12.8. The SMILES string of the molecule is C=N/C=C/C(O)c1ccc2nc(OC)c(Cc3ccc(C(F)(F)F)cc3)c(Cl)c2c1. The van der Waals surface area contributed by atoms with E-state index in [-0.39, 0.29) is 12.3 Å². The minimum Gasteiger partial charge on any atom is -0.481 e. The molecular formula is C22H18ClF3N2O2. The molecule has 3 aromatic rings. The number of ether oxygens (including phenoxy) is 1. The Morgan fingerprint density at radius 1 is 1.23 bits per heavy atom. The van der Waals surface area contributed by atoms with Crippen LogP contribution in [0.3, 0.4) is 0 Å². The molecule has 0 saturated heterocycles. The summed E-state index contributed by atoms with van der Waals surface area (Å²) in [7, 11) is 1.45. The maximum Gasteiger partial charge on any atom is 0.416 e. The molecule has 3 rings (SSSR count). The van der Waals surface area contributed by atoms with Crippen molar-refractivity contribution in [3.8, 4) is 5.88 Å². The first kappa shape index (κ1) is 21.8. The number of aliphatic hydroxyl groups excluding tert-OH is 1. The number of fused-ring (bicyclic) bond motifs is 1. The van der Waals surface area contributed by atoms with Gasteiger partial charge < -0.3 is 9.84 Å². The third-order valence-corrected chi connectivity index (χ3v) is 5.00. The van der Waals surface area contributed by atoms with Gasteiger partial charge in [0.15, 0.2) is 0 Å². The Kier molecular flexibility index (Phi) is 6.43. The fourth-order valence-electron chi connectivity index (χ4n) is 3.04. The van der Waals surface area contributed by atoms with Gasteiger partial charge in [-0.3, -0.25) is 4.99 Å². The maximum absolute atomic E-state index is 12.8. The average Bonchev–Trinajstić information content (AvgIpc) is 2.73. The predicted octanol–water partition coefficient (Wildman–Crippen LogP) is 5.75. The molecule has 0 spiro atoms. The summed E-state index contributed by atoms with van der Waals surface area (Å²) < 4.78 is 43.8. The summed E-state index contributed by atoms with van der Waals surface area (Å²) in [6.07, 6.45) is -2.21. The lowest BCUT2D eigenvalue weighted by atomic mass is 10.0. The number of nitrogens with zero attached hydrogens (tertiary/aromatic N) is 2. The number of aromatic nitrogens is 1. The van der Waals surface area contributed by atoms with Gasteiger partial charge in [0, 0.05) is 23.6 Å². The van der Waals surface area contributed by atoms with Crippen LogP contribution in [0, 0.1) is 0 Å². The molecular weight excluding hydrogens is 417 g/mol. The zero-order chi connectivity index (χ0) is 21.9. The van der Waals surface area contributed by atoms with Gasteiger partial charge >= 0.3 is 6.18 Å². The first-order valence-electron chi connectivity index (χ1n) is 8.87. The van der Waals surface area contributed by atoms with Gasteiger partial charge in [-0.25, -0.2) is 4.98 Å². The van der Waals surface area contributed by atoms with E-state index in [0.29, 0.717) is 32.6 Å². The highest BCUT2D eigenvalue weighted by atomic mass is 35.5. The van der Waals surface area contributed by atoms with Crippen LogP contribution in [-0.4, -0.2) is 23.9 Å². The Hall–Kier alpha value is -2.90. The lowest BCUT2D eigenvalue weighted by Crippen LogP contribution is -2.05. The van der Waals surface area contributed by atoms with E-state index in [9.17, 15) is 18.3 Å². The van der Waals surface area contributed by atoms with Gasteiger partial charge in [-0.2, -0.15) is 13.2 Å². The number of pyridine rings is 1. The van der Waals surface area contributed by atoms with Crippen LogP contribution in [0.1, 0.15) is 28.4 Å². The summed E-state index contributed by atoms with van der Waals surface area (Å²) >= 11 is 6.63. The largest absolute Gasteiger partial charge is 0.481 e. The minimum absolute atomic E-state index is 0.232. The van der Waals surface area contributed by atoms with Gasteiger partial charge in [-0.15, -0.1) is 0 Å². The third kappa shape index (κ3) is 4.63. The minimum atomic E-state index is -4.40. The molecule has 0 aliphatic rings. The average molecular weight is 435 g/mol. The predicted molar refractivity (Wildman–Crippen MR) is 111 cm³/mol. The molecule has 2 aromatic carbocycles. The van der Waals surface area contributed by atoms with Crippen molar-refractivity contribution in [2.45, 2.75) is 18.7 Å². The molecule has 0 aliphatic carbocycles.